The largest absolute Gasteiger partial charge is 0.522 e. The number of alkyl halides is 3. The summed E-state index contributed by atoms with van der Waals surface area (Å²) in [6.07, 6.45) is -3.08. The molecule has 4 rings (SSSR count). The highest BCUT2D eigenvalue weighted by molar-refractivity contribution is 5.95. The molecular weight excluding hydrogens is 471 g/mol. The van der Waals surface area contributed by atoms with Crippen LogP contribution < -0.4 is 10.6 Å². The summed E-state index contributed by atoms with van der Waals surface area (Å²) in [7, 11) is 0. The second-order valence-corrected chi connectivity index (χ2v) is 10.2. The van der Waals surface area contributed by atoms with Gasteiger partial charge in [-0.25, -0.2) is 0 Å². The van der Waals surface area contributed by atoms with Crippen LogP contribution in [0.3, 0.4) is 0 Å². The molecule has 0 aromatic heterocycles. The van der Waals surface area contributed by atoms with E-state index in [1.54, 1.807) is 0 Å². The molecule has 0 spiro atoms. The van der Waals surface area contributed by atoms with Crippen molar-refractivity contribution in [2.24, 2.45) is 17.8 Å². The Morgan fingerprint density at radius 3 is 2.37 bits per heavy atom. The van der Waals surface area contributed by atoms with Gasteiger partial charge >= 0.3 is 6.36 Å². The second kappa shape index (κ2) is 11.2. The number of ether oxygens (including phenoxy) is 1. The standard InChI is InChI=1S/C23H34F3N3O6/c1-12(2)9-17(30)22(34)29-15-5-3-13(4-6-15)19(29)21(33)28-16(10-14-7-8-27-20(14)32)18(31)11-35-23(24,25)26/h12-17,19,30H,3-11H2,1-2H3,(H,27,32)(H,28,33)/t13?,14-,15?,16-,17+,19-/m0/s1. The van der Waals surface area contributed by atoms with Gasteiger partial charge < -0.3 is 20.6 Å². The average molecular weight is 506 g/mol. The van der Waals surface area contributed by atoms with E-state index >= 15 is 0 Å². The van der Waals surface area contributed by atoms with Crippen LogP contribution in [0.4, 0.5) is 13.2 Å². The minimum atomic E-state index is -5.02. The van der Waals surface area contributed by atoms with Gasteiger partial charge in [-0.1, -0.05) is 13.8 Å². The van der Waals surface area contributed by atoms with Gasteiger partial charge in [-0.3, -0.25) is 23.9 Å². The van der Waals surface area contributed by atoms with E-state index in [-0.39, 0.29) is 36.6 Å². The minimum absolute atomic E-state index is 0.0522. The molecule has 0 aromatic rings. The number of hydrogen-bond acceptors (Lipinski definition) is 6. The van der Waals surface area contributed by atoms with Gasteiger partial charge in [-0.2, -0.15) is 0 Å². The van der Waals surface area contributed by atoms with Crippen molar-refractivity contribution in [2.45, 2.75) is 89.4 Å². The minimum Gasteiger partial charge on any atom is -0.383 e. The zero-order valence-corrected chi connectivity index (χ0v) is 20.0. The van der Waals surface area contributed by atoms with E-state index in [9.17, 15) is 37.5 Å². The maximum absolute atomic E-state index is 13.4. The number of Topliss-reactive ketones (excluding diaryl/α,β-unsaturated/α-hetero) is 1. The smallest absolute Gasteiger partial charge is 0.383 e. The quantitative estimate of drug-likeness (QED) is 0.411. The Morgan fingerprint density at radius 2 is 1.83 bits per heavy atom. The highest BCUT2D eigenvalue weighted by Gasteiger charge is 2.49. The maximum atomic E-state index is 13.4. The number of hydrogen-bond donors (Lipinski definition) is 3. The molecule has 12 heteroatoms. The van der Waals surface area contributed by atoms with Crippen molar-refractivity contribution in [1.82, 2.24) is 15.5 Å². The molecule has 4 atom stereocenters. The number of ketones is 1. The van der Waals surface area contributed by atoms with Crippen molar-refractivity contribution in [3.8, 4) is 0 Å². The summed E-state index contributed by atoms with van der Waals surface area (Å²) in [6.45, 7) is 2.80. The summed E-state index contributed by atoms with van der Waals surface area (Å²) in [4.78, 5) is 52.6. The van der Waals surface area contributed by atoms with Crippen molar-refractivity contribution in [1.29, 1.82) is 0 Å². The fourth-order valence-electron chi connectivity index (χ4n) is 5.46. The Bertz CT molecular complexity index is 813. The van der Waals surface area contributed by atoms with E-state index in [2.05, 4.69) is 15.4 Å². The Labute approximate surface area is 202 Å². The summed E-state index contributed by atoms with van der Waals surface area (Å²) in [5, 5.41) is 15.6. The number of amides is 3. The number of fused-ring (bicyclic) bond motifs is 3. The maximum Gasteiger partial charge on any atom is 0.522 e. The molecular formula is C23H34F3N3O6. The van der Waals surface area contributed by atoms with Crippen LogP contribution in [0.15, 0.2) is 0 Å². The predicted molar refractivity (Wildman–Crippen MR) is 117 cm³/mol. The number of carbonyl (C=O) groups is 4. The van der Waals surface area contributed by atoms with E-state index in [1.165, 1.54) is 4.90 Å². The summed E-state index contributed by atoms with van der Waals surface area (Å²) in [5.74, 6) is -3.32. The molecule has 4 aliphatic rings. The van der Waals surface area contributed by atoms with Crippen molar-refractivity contribution in [3.63, 3.8) is 0 Å². The number of piperidine rings is 2. The molecule has 2 bridgehead atoms. The summed E-state index contributed by atoms with van der Waals surface area (Å²) < 4.78 is 41.2. The molecule has 198 valence electrons. The molecule has 0 aromatic carbocycles. The number of carbonyl (C=O) groups excluding carboxylic acids is 4. The molecule has 4 fully saturated rings. The van der Waals surface area contributed by atoms with Gasteiger partial charge in [0.25, 0.3) is 5.91 Å². The highest BCUT2D eigenvalue weighted by Crippen LogP contribution is 2.40. The molecule has 3 aliphatic heterocycles. The van der Waals surface area contributed by atoms with Crippen LogP contribution in [0.5, 0.6) is 0 Å². The lowest BCUT2D eigenvalue weighted by Crippen LogP contribution is -2.65. The Balaban J connectivity index is 1.78. The molecule has 0 unspecified atom stereocenters. The third-order valence-corrected chi connectivity index (χ3v) is 7.15. The first-order chi connectivity index (χ1) is 16.4. The first kappa shape index (κ1) is 27.4. The van der Waals surface area contributed by atoms with E-state index < -0.39 is 54.7 Å². The number of nitrogens with zero attached hydrogens (tertiary/aromatic N) is 1. The van der Waals surface area contributed by atoms with Gasteiger partial charge in [0.05, 0.1) is 6.04 Å². The molecule has 3 heterocycles. The van der Waals surface area contributed by atoms with Gasteiger partial charge in [0.2, 0.25) is 11.8 Å². The van der Waals surface area contributed by atoms with Gasteiger partial charge in [0, 0.05) is 18.5 Å². The van der Waals surface area contributed by atoms with Crippen molar-refractivity contribution in [3.05, 3.63) is 0 Å². The normalized spacial score (nSPS) is 28.1. The number of aliphatic hydroxyl groups excluding tert-OH is 1. The van der Waals surface area contributed by atoms with Gasteiger partial charge in [-0.05, 0) is 56.8 Å². The van der Waals surface area contributed by atoms with Crippen LogP contribution in [0.2, 0.25) is 0 Å². The molecule has 3 N–H and O–H groups in total. The molecule has 9 nitrogen and oxygen atoms in total. The molecule has 1 saturated carbocycles. The zero-order valence-electron chi connectivity index (χ0n) is 20.0. The first-order valence-corrected chi connectivity index (χ1v) is 12.2. The van der Waals surface area contributed by atoms with Crippen molar-refractivity contribution < 1.29 is 42.2 Å². The van der Waals surface area contributed by atoms with Crippen molar-refractivity contribution >= 4 is 23.5 Å². The number of nitrogens with one attached hydrogen (secondary N) is 2. The van der Waals surface area contributed by atoms with Gasteiger partial charge in [0.1, 0.15) is 18.8 Å². The van der Waals surface area contributed by atoms with E-state index in [0.717, 1.165) is 0 Å². The Hall–Kier alpha value is -2.21. The number of aliphatic hydroxyl groups is 1. The van der Waals surface area contributed by atoms with Crippen molar-refractivity contribution in [2.75, 3.05) is 13.2 Å². The lowest BCUT2D eigenvalue weighted by atomic mass is 9.73. The molecule has 3 amide bonds. The zero-order chi connectivity index (χ0) is 25.9. The molecule has 3 saturated heterocycles. The van der Waals surface area contributed by atoms with Gasteiger partial charge in [0.15, 0.2) is 5.78 Å². The molecule has 35 heavy (non-hydrogen) atoms. The third kappa shape index (κ3) is 6.93. The second-order valence-electron chi connectivity index (χ2n) is 10.2. The first-order valence-electron chi connectivity index (χ1n) is 12.2. The van der Waals surface area contributed by atoms with Crippen LogP contribution >= 0.6 is 0 Å². The highest BCUT2D eigenvalue weighted by atomic mass is 19.4. The van der Waals surface area contributed by atoms with E-state index in [1.807, 2.05) is 13.8 Å². The third-order valence-electron chi connectivity index (χ3n) is 7.15. The topological polar surface area (TPSA) is 125 Å². The monoisotopic (exact) mass is 505 g/mol. The number of halogens is 3. The summed E-state index contributed by atoms with van der Waals surface area (Å²) in [5.41, 5.74) is 0. The van der Waals surface area contributed by atoms with Crippen LogP contribution in [-0.2, 0) is 23.9 Å². The van der Waals surface area contributed by atoms with Crippen LogP contribution in [0, 0.1) is 17.8 Å². The fraction of sp³-hybridized carbons (Fsp3) is 0.826. The van der Waals surface area contributed by atoms with Crippen LogP contribution in [0.1, 0.15) is 58.8 Å². The van der Waals surface area contributed by atoms with Crippen LogP contribution in [-0.4, -0.2) is 77.3 Å². The summed E-state index contributed by atoms with van der Waals surface area (Å²) >= 11 is 0. The van der Waals surface area contributed by atoms with E-state index in [4.69, 9.17) is 0 Å². The SMILES string of the molecule is CC(C)C[C@@H](O)C(=O)N1C2CCC(CC2)[C@H]1C(=O)N[C@@H](C[C@@H]1CCNC1=O)C(=O)COC(F)(F)F. The van der Waals surface area contributed by atoms with E-state index in [0.29, 0.717) is 38.6 Å². The predicted octanol–water partition coefficient (Wildman–Crippen LogP) is 1.28. The lowest BCUT2D eigenvalue weighted by molar-refractivity contribution is -0.321. The summed E-state index contributed by atoms with van der Waals surface area (Å²) in [6, 6.07) is -2.54. The Kier molecular flexibility index (Phi) is 8.79. The Morgan fingerprint density at radius 1 is 1.17 bits per heavy atom. The molecule has 0 radical (unpaired) electrons. The van der Waals surface area contributed by atoms with Crippen LogP contribution in [0.25, 0.3) is 0 Å². The molecule has 1 aliphatic carbocycles. The van der Waals surface area contributed by atoms with Gasteiger partial charge in [-0.15, -0.1) is 13.2 Å². The fourth-order valence-corrected chi connectivity index (χ4v) is 5.46. The number of rotatable bonds is 10. The lowest BCUT2D eigenvalue weighted by Gasteiger charge is -2.51. The average Bonchev–Trinajstić information content (AvgIpc) is 3.19.